The van der Waals surface area contributed by atoms with Crippen molar-refractivity contribution in [2.24, 2.45) is 5.41 Å². The van der Waals surface area contributed by atoms with Gasteiger partial charge in [-0.15, -0.1) is 0 Å². The van der Waals surface area contributed by atoms with E-state index in [0.29, 0.717) is 10.4 Å². The standard InChI is InChI=1S/C15H21Cl2N/c1-2-15(7-3-4-8-15)11-18-10-12-5-6-13(16)9-14(12)17/h5-6,9,18H,2-4,7-8,10-11H2,1H3. The van der Waals surface area contributed by atoms with Gasteiger partial charge >= 0.3 is 0 Å². The van der Waals surface area contributed by atoms with Crippen LogP contribution in [0.25, 0.3) is 0 Å². The molecular weight excluding hydrogens is 265 g/mol. The summed E-state index contributed by atoms with van der Waals surface area (Å²) >= 11 is 12.1. The molecule has 1 aromatic rings. The second kappa shape index (κ2) is 6.27. The highest BCUT2D eigenvalue weighted by molar-refractivity contribution is 6.35. The minimum absolute atomic E-state index is 0.527. The fourth-order valence-corrected chi connectivity index (χ4v) is 3.38. The maximum Gasteiger partial charge on any atom is 0.0465 e. The van der Waals surface area contributed by atoms with Gasteiger partial charge in [0.15, 0.2) is 0 Å². The zero-order valence-electron chi connectivity index (χ0n) is 10.9. The van der Waals surface area contributed by atoms with Crippen molar-refractivity contribution in [2.45, 2.75) is 45.6 Å². The molecule has 0 unspecified atom stereocenters. The molecule has 1 saturated carbocycles. The zero-order chi connectivity index (χ0) is 13.0. The molecule has 0 saturated heterocycles. The fourth-order valence-electron chi connectivity index (χ4n) is 2.91. The lowest BCUT2D eigenvalue weighted by Crippen LogP contribution is -2.31. The van der Waals surface area contributed by atoms with Crippen molar-refractivity contribution in [1.82, 2.24) is 5.32 Å². The van der Waals surface area contributed by atoms with Gasteiger partial charge in [0.05, 0.1) is 0 Å². The molecule has 0 spiro atoms. The molecule has 18 heavy (non-hydrogen) atoms. The first-order chi connectivity index (χ1) is 8.65. The molecule has 0 atom stereocenters. The van der Waals surface area contributed by atoms with Crippen LogP contribution in [0.3, 0.4) is 0 Å². The summed E-state index contributed by atoms with van der Waals surface area (Å²) in [4.78, 5) is 0. The van der Waals surface area contributed by atoms with E-state index >= 15 is 0 Å². The quantitative estimate of drug-likeness (QED) is 0.798. The average Bonchev–Trinajstić information content (AvgIpc) is 2.81. The summed E-state index contributed by atoms with van der Waals surface area (Å²) in [7, 11) is 0. The van der Waals surface area contributed by atoms with Crippen molar-refractivity contribution in [2.75, 3.05) is 6.54 Å². The maximum atomic E-state index is 6.17. The second-order valence-electron chi connectivity index (χ2n) is 5.40. The summed E-state index contributed by atoms with van der Waals surface area (Å²) < 4.78 is 0. The highest BCUT2D eigenvalue weighted by Gasteiger charge is 2.31. The SMILES string of the molecule is CCC1(CNCc2ccc(Cl)cc2Cl)CCCC1. The summed E-state index contributed by atoms with van der Waals surface area (Å²) in [5, 5.41) is 5.02. The van der Waals surface area contributed by atoms with E-state index in [9.17, 15) is 0 Å². The lowest BCUT2D eigenvalue weighted by molar-refractivity contribution is 0.268. The Balaban J connectivity index is 1.88. The van der Waals surface area contributed by atoms with Crippen LogP contribution in [0.15, 0.2) is 18.2 Å². The molecule has 2 rings (SSSR count). The number of benzene rings is 1. The number of hydrogen-bond acceptors (Lipinski definition) is 1. The first-order valence-electron chi connectivity index (χ1n) is 6.80. The topological polar surface area (TPSA) is 12.0 Å². The summed E-state index contributed by atoms with van der Waals surface area (Å²) in [6.45, 7) is 4.24. The van der Waals surface area contributed by atoms with Crippen LogP contribution in [0.1, 0.15) is 44.6 Å². The van der Waals surface area contributed by atoms with E-state index in [-0.39, 0.29) is 0 Å². The lowest BCUT2D eigenvalue weighted by atomic mass is 9.83. The Kier molecular flexibility index (Phi) is 4.94. The number of halogens is 2. The molecule has 3 heteroatoms. The monoisotopic (exact) mass is 285 g/mol. The van der Waals surface area contributed by atoms with Crippen LogP contribution in [-0.4, -0.2) is 6.54 Å². The van der Waals surface area contributed by atoms with Crippen molar-refractivity contribution >= 4 is 23.2 Å². The molecule has 100 valence electrons. The zero-order valence-corrected chi connectivity index (χ0v) is 12.4. The van der Waals surface area contributed by atoms with Gasteiger partial charge in [0.1, 0.15) is 0 Å². The summed E-state index contributed by atoms with van der Waals surface area (Å²) in [6.07, 6.45) is 6.78. The van der Waals surface area contributed by atoms with Gasteiger partial charge in [0, 0.05) is 23.1 Å². The van der Waals surface area contributed by atoms with Crippen LogP contribution in [0.4, 0.5) is 0 Å². The van der Waals surface area contributed by atoms with Crippen LogP contribution in [-0.2, 0) is 6.54 Å². The second-order valence-corrected chi connectivity index (χ2v) is 6.24. The van der Waals surface area contributed by atoms with Crippen molar-refractivity contribution < 1.29 is 0 Å². The van der Waals surface area contributed by atoms with Gasteiger partial charge in [0.2, 0.25) is 0 Å². The van der Waals surface area contributed by atoms with Gasteiger partial charge in [0.25, 0.3) is 0 Å². The van der Waals surface area contributed by atoms with E-state index in [0.717, 1.165) is 23.7 Å². The van der Waals surface area contributed by atoms with E-state index in [2.05, 4.69) is 12.2 Å². The minimum Gasteiger partial charge on any atom is -0.312 e. The van der Waals surface area contributed by atoms with Gasteiger partial charge in [-0.2, -0.15) is 0 Å². The Hall–Kier alpha value is -0.240. The predicted octanol–water partition coefficient (Wildman–Crippen LogP) is 5.05. The molecular formula is C15H21Cl2N. The van der Waals surface area contributed by atoms with Crippen molar-refractivity contribution in [1.29, 1.82) is 0 Å². The number of rotatable bonds is 5. The highest BCUT2D eigenvalue weighted by atomic mass is 35.5. The normalized spacial score (nSPS) is 18.2. The summed E-state index contributed by atoms with van der Waals surface area (Å²) in [5.41, 5.74) is 1.66. The van der Waals surface area contributed by atoms with Gasteiger partial charge in [-0.3, -0.25) is 0 Å². The largest absolute Gasteiger partial charge is 0.312 e. The molecule has 1 aliphatic rings. The fraction of sp³-hybridized carbons (Fsp3) is 0.600. The minimum atomic E-state index is 0.527. The molecule has 0 heterocycles. The van der Waals surface area contributed by atoms with Gasteiger partial charge in [-0.1, -0.05) is 49.0 Å². The Morgan fingerprint density at radius 1 is 1.22 bits per heavy atom. The Labute approximate surface area is 120 Å². The van der Waals surface area contributed by atoms with Crippen molar-refractivity contribution in [3.63, 3.8) is 0 Å². The molecule has 0 bridgehead atoms. The van der Waals surface area contributed by atoms with E-state index in [1.165, 1.54) is 32.1 Å². The van der Waals surface area contributed by atoms with Gasteiger partial charge < -0.3 is 5.32 Å². The lowest BCUT2D eigenvalue weighted by Gasteiger charge is -2.28. The van der Waals surface area contributed by atoms with E-state index < -0.39 is 0 Å². The van der Waals surface area contributed by atoms with E-state index in [1.807, 2.05) is 18.2 Å². The highest BCUT2D eigenvalue weighted by Crippen LogP contribution is 2.40. The molecule has 1 aliphatic carbocycles. The predicted molar refractivity (Wildman–Crippen MR) is 79.4 cm³/mol. The third-order valence-corrected chi connectivity index (χ3v) is 4.83. The first-order valence-corrected chi connectivity index (χ1v) is 7.55. The molecule has 1 N–H and O–H groups in total. The van der Waals surface area contributed by atoms with E-state index in [1.54, 1.807) is 0 Å². The molecule has 0 aromatic heterocycles. The third kappa shape index (κ3) is 3.40. The van der Waals surface area contributed by atoms with Crippen LogP contribution in [0.5, 0.6) is 0 Å². The average molecular weight is 286 g/mol. The van der Waals surface area contributed by atoms with Crippen LogP contribution in [0.2, 0.25) is 10.0 Å². The molecule has 1 fully saturated rings. The van der Waals surface area contributed by atoms with Crippen LogP contribution in [0, 0.1) is 5.41 Å². The first kappa shape index (κ1) is 14.2. The molecule has 1 nitrogen and oxygen atoms in total. The van der Waals surface area contributed by atoms with Crippen molar-refractivity contribution in [3.05, 3.63) is 33.8 Å². The molecule has 0 aliphatic heterocycles. The maximum absolute atomic E-state index is 6.17. The van der Waals surface area contributed by atoms with Crippen molar-refractivity contribution in [3.8, 4) is 0 Å². The third-order valence-electron chi connectivity index (χ3n) is 4.24. The number of hydrogen-bond donors (Lipinski definition) is 1. The Bertz CT molecular complexity index is 397. The molecule has 1 aromatic carbocycles. The Morgan fingerprint density at radius 3 is 2.56 bits per heavy atom. The summed E-state index contributed by atoms with van der Waals surface area (Å²) in [6, 6.07) is 5.71. The number of nitrogens with one attached hydrogen (secondary N) is 1. The molecule has 0 radical (unpaired) electrons. The van der Waals surface area contributed by atoms with Crippen LogP contribution >= 0.6 is 23.2 Å². The van der Waals surface area contributed by atoms with E-state index in [4.69, 9.17) is 23.2 Å². The van der Waals surface area contributed by atoms with Gasteiger partial charge in [-0.25, -0.2) is 0 Å². The van der Waals surface area contributed by atoms with Gasteiger partial charge in [-0.05, 0) is 42.4 Å². The Morgan fingerprint density at radius 2 is 1.94 bits per heavy atom. The summed E-state index contributed by atoms with van der Waals surface area (Å²) in [5.74, 6) is 0. The molecule has 0 amide bonds. The van der Waals surface area contributed by atoms with Crippen LogP contribution < -0.4 is 5.32 Å². The smallest absolute Gasteiger partial charge is 0.0465 e.